The van der Waals surface area contributed by atoms with E-state index in [4.69, 9.17) is 0 Å². The zero-order valence-electron chi connectivity index (χ0n) is 10.5. The summed E-state index contributed by atoms with van der Waals surface area (Å²) < 4.78 is 0. The van der Waals surface area contributed by atoms with Crippen molar-refractivity contribution < 1.29 is 0 Å². The normalized spacial score (nSPS) is 17.2. The van der Waals surface area contributed by atoms with Gasteiger partial charge in [0.25, 0.3) is 5.56 Å². The number of hydrogen-bond acceptors (Lipinski definition) is 3. The minimum atomic E-state index is -0.00771. The highest BCUT2D eigenvalue weighted by Crippen LogP contribution is 2.30. The summed E-state index contributed by atoms with van der Waals surface area (Å²) in [6.07, 6.45) is 7.01. The van der Waals surface area contributed by atoms with Crippen LogP contribution in [0.5, 0.6) is 0 Å². The number of hydrogen-bond donors (Lipinski definition) is 2. The maximum Gasteiger partial charge on any atom is 0.251 e. The van der Waals surface area contributed by atoms with Crippen molar-refractivity contribution in [3.63, 3.8) is 0 Å². The maximum absolute atomic E-state index is 11.6. The van der Waals surface area contributed by atoms with E-state index in [2.05, 4.69) is 15.3 Å². The Morgan fingerprint density at radius 2 is 2.18 bits per heavy atom. The second-order valence-corrected chi connectivity index (χ2v) is 4.81. The molecule has 0 unspecified atom stereocenters. The van der Waals surface area contributed by atoms with Gasteiger partial charge in [-0.05, 0) is 19.9 Å². The summed E-state index contributed by atoms with van der Waals surface area (Å²) in [5.41, 5.74) is 0.992. The van der Waals surface area contributed by atoms with Gasteiger partial charge in [0, 0.05) is 24.9 Å². The highest BCUT2D eigenvalue weighted by atomic mass is 16.1. The first-order chi connectivity index (χ1) is 8.29. The number of aromatic amines is 1. The molecule has 94 valence electrons. The van der Waals surface area contributed by atoms with E-state index in [0.29, 0.717) is 5.92 Å². The number of nitrogens with one attached hydrogen (secondary N) is 2. The first-order valence-electron chi connectivity index (χ1n) is 6.54. The molecule has 1 aliphatic carbocycles. The zero-order valence-corrected chi connectivity index (χ0v) is 10.5. The van der Waals surface area contributed by atoms with E-state index in [1.54, 1.807) is 6.07 Å². The molecule has 0 radical (unpaired) electrons. The van der Waals surface area contributed by atoms with Gasteiger partial charge in [0.2, 0.25) is 0 Å². The van der Waals surface area contributed by atoms with E-state index >= 15 is 0 Å². The van der Waals surface area contributed by atoms with Gasteiger partial charge in [-0.15, -0.1) is 0 Å². The molecule has 1 aromatic rings. The second-order valence-electron chi connectivity index (χ2n) is 4.81. The van der Waals surface area contributed by atoms with Crippen LogP contribution in [-0.2, 0) is 6.42 Å². The summed E-state index contributed by atoms with van der Waals surface area (Å²) in [5.74, 6) is 1.31. The minimum absolute atomic E-state index is 0.00771. The molecule has 0 aromatic carbocycles. The van der Waals surface area contributed by atoms with E-state index in [1.165, 1.54) is 32.1 Å². The first-order valence-corrected chi connectivity index (χ1v) is 6.54. The molecule has 0 atom stereocenters. The highest BCUT2D eigenvalue weighted by molar-refractivity contribution is 5.09. The molecular formula is C13H21N3O. The molecule has 2 rings (SSSR count). The minimum Gasteiger partial charge on any atom is -0.319 e. The summed E-state index contributed by atoms with van der Waals surface area (Å²) in [5, 5.41) is 3.07. The van der Waals surface area contributed by atoms with Gasteiger partial charge in [-0.3, -0.25) is 4.79 Å². The Hall–Kier alpha value is -1.16. The molecule has 0 bridgehead atoms. The fourth-order valence-corrected chi connectivity index (χ4v) is 2.50. The quantitative estimate of drug-likeness (QED) is 0.833. The Balaban J connectivity index is 2.15. The number of H-pyrrole nitrogens is 1. The number of aromatic nitrogens is 2. The van der Waals surface area contributed by atoms with Crippen LogP contribution in [0.3, 0.4) is 0 Å². The molecule has 1 aliphatic rings. The predicted octanol–water partition coefficient (Wildman–Crippen LogP) is 1.58. The monoisotopic (exact) mass is 235 g/mol. The lowest BCUT2D eigenvalue weighted by atomic mass is 9.87. The molecule has 1 heterocycles. The smallest absolute Gasteiger partial charge is 0.251 e. The molecule has 0 amide bonds. The maximum atomic E-state index is 11.6. The van der Waals surface area contributed by atoms with Crippen molar-refractivity contribution in [1.82, 2.24) is 15.3 Å². The fraction of sp³-hybridized carbons (Fsp3) is 0.692. The molecule has 1 saturated carbocycles. The van der Waals surface area contributed by atoms with Crippen LogP contribution in [0.4, 0.5) is 0 Å². The molecule has 0 aliphatic heterocycles. The van der Waals surface area contributed by atoms with E-state index in [-0.39, 0.29) is 5.56 Å². The fourth-order valence-electron chi connectivity index (χ4n) is 2.50. The third-order valence-electron chi connectivity index (χ3n) is 3.45. The van der Waals surface area contributed by atoms with Gasteiger partial charge in [-0.2, -0.15) is 0 Å². The third-order valence-corrected chi connectivity index (χ3v) is 3.45. The topological polar surface area (TPSA) is 57.8 Å². The average Bonchev–Trinajstić information content (AvgIpc) is 2.37. The number of rotatable bonds is 4. The lowest BCUT2D eigenvalue weighted by Gasteiger charge is -2.21. The lowest BCUT2D eigenvalue weighted by Crippen LogP contribution is -2.19. The van der Waals surface area contributed by atoms with Crippen LogP contribution in [0.15, 0.2) is 10.9 Å². The Bertz CT molecular complexity index is 407. The lowest BCUT2D eigenvalue weighted by molar-refractivity contribution is 0.434. The summed E-state index contributed by atoms with van der Waals surface area (Å²) in [7, 11) is 1.91. The van der Waals surface area contributed by atoms with Gasteiger partial charge >= 0.3 is 0 Å². The summed E-state index contributed by atoms with van der Waals surface area (Å²) in [4.78, 5) is 19.0. The Morgan fingerprint density at radius 3 is 2.88 bits per heavy atom. The Labute approximate surface area is 102 Å². The van der Waals surface area contributed by atoms with Crippen LogP contribution >= 0.6 is 0 Å². The molecule has 2 N–H and O–H groups in total. The van der Waals surface area contributed by atoms with E-state index in [1.807, 2.05) is 7.05 Å². The summed E-state index contributed by atoms with van der Waals surface area (Å²) in [6, 6.07) is 1.68. The standard InChI is InChI=1S/C13H21N3O/c1-14-8-7-12-15-11(9-13(17)16-12)10-5-3-2-4-6-10/h9-10,14H,2-8H2,1H3,(H,15,16,17). The largest absolute Gasteiger partial charge is 0.319 e. The summed E-state index contributed by atoms with van der Waals surface area (Å²) in [6.45, 7) is 0.844. The number of likely N-dealkylation sites (N-methyl/N-ethyl adjacent to an activating group) is 1. The second kappa shape index (κ2) is 5.96. The van der Waals surface area contributed by atoms with Crippen LogP contribution < -0.4 is 10.9 Å². The Kier molecular flexibility index (Phi) is 4.31. The van der Waals surface area contributed by atoms with E-state index in [0.717, 1.165) is 24.5 Å². The van der Waals surface area contributed by atoms with Crippen LogP contribution in [0.2, 0.25) is 0 Å². The van der Waals surface area contributed by atoms with Gasteiger partial charge in [0.15, 0.2) is 0 Å². The molecule has 0 saturated heterocycles. The van der Waals surface area contributed by atoms with Crippen molar-refractivity contribution >= 4 is 0 Å². The van der Waals surface area contributed by atoms with Crippen LogP contribution in [-0.4, -0.2) is 23.6 Å². The highest BCUT2D eigenvalue weighted by Gasteiger charge is 2.17. The van der Waals surface area contributed by atoms with Gasteiger partial charge in [-0.25, -0.2) is 4.98 Å². The molecular weight excluding hydrogens is 214 g/mol. The third kappa shape index (κ3) is 3.40. The van der Waals surface area contributed by atoms with Crippen molar-refractivity contribution in [2.45, 2.75) is 44.4 Å². The molecule has 4 heteroatoms. The van der Waals surface area contributed by atoms with Crippen molar-refractivity contribution in [3.05, 3.63) is 27.9 Å². The van der Waals surface area contributed by atoms with Gasteiger partial charge in [-0.1, -0.05) is 19.3 Å². The molecule has 0 spiro atoms. The van der Waals surface area contributed by atoms with Crippen molar-refractivity contribution in [3.8, 4) is 0 Å². The molecule has 4 nitrogen and oxygen atoms in total. The van der Waals surface area contributed by atoms with E-state index < -0.39 is 0 Å². The average molecular weight is 235 g/mol. The Morgan fingerprint density at radius 1 is 1.41 bits per heavy atom. The van der Waals surface area contributed by atoms with Crippen LogP contribution in [0.25, 0.3) is 0 Å². The van der Waals surface area contributed by atoms with Crippen molar-refractivity contribution in [2.75, 3.05) is 13.6 Å². The first kappa shape index (κ1) is 12.3. The number of nitrogens with zero attached hydrogens (tertiary/aromatic N) is 1. The van der Waals surface area contributed by atoms with Crippen molar-refractivity contribution in [2.24, 2.45) is 0 Å². The molecule has 1 fully saturated rings. The molecule has 17 heavy (non-hydrogen) atoms. The van der Waals surface area contributed by atoms with Gasteiger partial charge in [0.1, 0.15) is 5.82 Å². The zero-order chi connectivity index (χ0) is 12.1. The van der Waals surface area contributed by atoms with E-state index in [9.17, 15) is 4.79 Å². The molecule has 1 aromatic heterocycles. The van der Waals surface area contributed by atoms with Gasteiger partial charge in [0.05, 0.1) is 5.69 Å². The van der Waals surface area contributed by atoms with Gasteiger partial charge < -0.3 is 10.3 Å². The predicted molar refractivity (Wildman–Crippen MR) is 68.3 cm³/mol. The SMILES string of the molecule is CNCCc1nc(C2CCCCC2)cc(=O)[nH]1. The van der Waals surface area contributed by atoms with Crippen molar-refractivity contribution in [1.29, 1.82) is 0 Å². The summed E-state index contributed by atoms with van der Waals surface area (Å²) >= 11 is 0. The van der Waals surface area contributed by atoms with Crippen LogP contribution in [0, 0.1) is 0 Å². The van der Waals surface area contributed by atoms with Crippen LogP contribution in [0.1, 0.15) is 49.5 Å².